The molecule has 4 nitrogen and oxygen atoms in total. The van der Waals surface area contributed by atoms with Gasteiger partial charge in [-0.05, 0) is 47.5 Å². The zero-order valence-corrected chi connectivity index (χ0v) is 16.8. The van der Waals surface area contributed by atoms with Crippen molar-refractivity contribution in [1.82, 2.24) is 0 Å². The van der Waals surface area contributed by atoms with Crippen LogP contribution in [0.5, 0.6) is 5.75 Å². The highest BCUT2D eigenvalue weighted by Crippen LogP contribution is 2.21. The molecule has 0 aliphatic carbocycles. The summed E-state index contributed by atoms with van der Waals surface area (Å²) in [7, 11) is 0. The highest BCUT2D eigenvalue weighted by molar-refractivity contribution is 9.10. The van der Waals surface area contributed by atoms with Gasteiger partial charge in [0, 0.05) is 4.47 Å². The molecule has 6 heteroatoms. The second-order valence-corrected chi connectivity index (χ2v) is 7.01. The van der Waals surface area contributed by atoms with Gasteiger partial charge >= 0.3 is 0 Å². The van der Waals surface area contributed by atoms with Crippen LogP contribution in [0.15, 0.2) is 82.8 Å². The van der Waals surface area contributed by atoms with Crippen molar-refractivity contribution in [2.24, 2.45) is 0 Å². The molecule has 0 fully saturated rings. The maximum absolute atomic E-state index is 13.9. The van der Waals surface area contributed by atoms with E-state index in [0.717, 1.165) is 5.56 Å². The fourth-order valence-electron chi connectivity index (χ4n) is 2.50. The summed E-state index contributed by atoms with van der Waals surface area (Å²) in [5.74, 6) is -0.603. The van der Waals surface area contributed by atoms with Crippen LogP contribution in [0.25, 0.3) is 6.08 Å². The van der Waals surface area contributed by atoms with Gasteiger partial charge in [0.25, 0.3) is 5.91 Å². The van der Waals surface area contributed by atoms with E-state index in [4.69, 9.17) is 4.74 Å². The van der Waals surface area contributed by atoms with Gasteiger partial charge < -0.3 is 10.1 Å². The molecule has 0 saturated heterocycles. The van der Waals surface area contributed by atoms with Gasteiger partial charge in [-0.1, -0.05) is 58.4 Å². The Morgan fingerprint density at radius 3 is 2.48 bits per heavy atom. The van der Waals surface area contributed by atoms with Crippen LogP contribution in [0.1, 0.15) is 11.1 Å². The minimum Gasteiger partial charge on any atom is -0.489 e. The van der Waals surface area contributed by atoms with Crippen LogP contribution in [-0.2, 0) is 11.4 Å². The van der Waals surface area contributed by atoms with E-state index >= 15 is 0 Å². The highest BCUT2D eigenvalue weighted by atomic mass is 79.9. The van der Waals surface area contributed by atoms with Crippen LogP contribution < -0.4 is 10.1 Å². The van der Waals surface area contributed by atoms with Gasteiger partial charge in [0.2, 0.25) is 0 Å². The van der Waals surface area contributed by atoms with Crippen LogP contribution in [0, 0.1) is 17.1 Å². The predicted molar refractivity (Wildman–Crippen MR) is 114 cm³/mol. The number of nitrogens with zero attached hydrogens (tertiary/aromatic N) is 1. The van der Waals surface area contributed by atoms with Gasteiger partial charge in [-0.25, -0.2) is 4.39 Å². The minimum absolute atomic E-state index is 0.00371. The lowest BCUT2D eigenvalue weighted by Gasteiger charge is -2.07. The Morgan fingerprint density at radius 1 is 1.10 bits per heavy atom. The molecule has 3 rings (SSSR count). The topological polar surface area (TPSA) is 62.1 Å². The second-order valence-electron chi connectivity index (χ2n) is 6.09. The monoisotopic (exact) mass is 450 g/mol. The maximum Gasteiger partial charge on any atom is 0.266 e. The summed E-state index contributed by atoms with van der Waals surface area (Å²) in [6, 6.07) is 22.9. The molecule has 1 N–H and O–H groups in total. The Bertz CT molecular complexity index is 1070. The third-order valence-corrected chi connectivity index (χ3v) is 4.48. The smallest absolute Gasteiger partial charge is 0.266 e. The number of anilines is 1. The van der Waals surface area contributed by atoms with Crippen LogP contribution >= 0.6 is 15.9 Å². The molecule has 3 aromatic rings. The summed E-state index contributed by atoms with van der Waals surface area (Å²) in [4.78, 5) is 12.3. The largest absolute Gasteiger partial charge is 0.489 e. The molecule has 0 aliphatic rings. The Balaban J connectivity index is 1.66. The Kier molecular flexibility index (Phi) is 6.77. The van der Waals surface area contributed by atoms with Gasteiger partial charge in [-0.2, -0.15) is 5.26 Å². The number of carbonyl (C=O) groups excluding carboxylic acids is 1. The lowest BCUT2D eigenvalue weighted by Crippen LogP contribution is -2.14. The molecule has 144 valence electrons. The third kappa shape index (κ3) is 5.77. The molecule has 0 spiro atoms. The predicted octanol–water partition coefficient (Wildman–Crippen LogP) is 5.71. The normalized spacial score (nSPS) is 10.9. The standard InChI is InChI=1S/C23H16BrFN2O2/c24-19-8-11-22(21(25)13-19)27-23(28)18(14-26)12-16-6-9-20(10-7-16)29-15-17-4-2-1-3-5-17/h1-13H,15H2,(H,27,28)/b18-12+. The average Bonchev–Trinajstić information content (AvgIpc) is 2.74. The van der Waals surface area contributed by atoms with E-state index in [9.17, 15) is 14.4 Å². The SMILES string of the molecule is N#C/C(=C\c1ccc(OCc2ccccc2)cc1)C(=O)Nc1ccc(Br)cc1F. The van der Waals surface area contributed by atoms with Gasteiger partial charge in [0.15, 0.2) is 0 Å². The van der Waals surface area contributed by atoms with Gasteiger partial charge in [0.1, 0.15) is 29.8 Å². The van der Waals surface area contributed by atoms with Crippen molar-refractivity contribution in [1.29, 1.82) is 5.26 Å². The second kappa shape index (κ2) is 9.67. The molecule has 3 aromatic carbocycles. The average molecular weight is 451 g/mol. The van der Waals surface area contributed by atoms with Crippen molar-refractivity contribution in [3.05, 3.63) is 99.8 Å². The quantitative estimate of drug-likeness (QED) is 0.386. The van der Waals surface area contributed by atoms with E-state index in [1.165, 1.54) is 18.2 Å². The number of hydrogen-bond acceptors (Lipinski definition) is 3. The molecule has 0 atom stereocenters. The van der Waals surface area contributed by atoms with E-state index in [-0.39, 0.29) is 11.3 Å². The number of nitrogens with one attached hydrogen (secondary N) is 1. The lowest BCUT2D eigenvalue weighted by molar-refractivity contribution is -0.112. The first kappa shape index (κ1) is 20.3. The molecule has 0 aromatic heterocycles. The molecule has 29 heavy (non-hydrogen) atoms. The van der Waals surface area contributed by atoms with Crippen LogP contribution in [-0.4, -0.2) is 5.91 Å². The Hall–Kier alpha value is -3.43. The summed E-state index contributed by atoms with van der Waals surface area (Å²) >= 11 is 3.15. The van der Waals surface area contributed by atoms with E-state index < -0.39 is 11.7 Å². The molecular weight excluding hydrogens is 435 g/mol. The number of halogens is 2. The van der Waals surface area contributed by atoms with E-state index in [0.29, 0.717) is 22.4 Å². The lowest BCUT2D eigenvalue weighted by atomic mass is 10.1. The molecule has 0 unspecified atom stereocenters. The van der Waals surface area contributed by atoms with Crippen LogP contribution in [0.4, 0.5) is 10.1 Å². The first-order valence-electron chi connectivity index (χ1n) is 8.70. The van der Waals surface area contributed by atoms with Crippen LogP contribution in [0.3, 0.4) is 0 Å². The van der Waals surface area contributed by atoms with Crippen molar-refractivity contribution < 1.29 is 13.9 Å². The number of ether oxygens (including phenoxy) is 1. The highest BCUT2D eigenvalue weighted by Gasteiger charge is 2.12. The van der Waals surface area contributed by atoms with Crippen molar-refractivity contribution in [3.63, 3.8) is 0 Å². The first-order valence-corrected chi connectivity index (χ1v) is 9.49. The maximum atomic E-state index is 13.9. The van der Waals surface area contributed by atoms with Crippen molar-refractivity contribution in [3.8, 4) is 11.8 Å². The fourth-order valence-corrected chi connectivity index (χ4v) is 2.83. The van der Waals surface area contributed by atoms with Crippen LogP contribution in [0.2, 0.25) is 0 Å². The fraction of sp³-hybridized carbons (Fsp3) is 0.0435. The summed E-state index contributed by atoms with van der Waals surface area (Å²) in [6.45, 7) is 0.445. The molecule has 0 saturated carbocycles. The third-order valence-electron chi connectivity index (χ3n) is 3.98. The van der Waals surface area contributed by atoms with Gasteiger partial charge in [0.05, 0.1) is 5.69 Å². The van der Waals surface area contributed by atoms with E-state index in [1.54, 1.807) is 30.3 Å². The number of benzene rings is 3. The number of hydrogen-bond donors (Lipinski definition) is 1. The zero-order valence-electron chi connectivity index (χ0n) is 15.2. The van der Waals surface area contributed by atoms with Crippen molar-refractivity contribution in [2.45, 2.75) is 6.61 Å². The molecule has 0 aliphatic heterocycles. The zero-order chi connectivity index (χ0) is 20.6. The first-order chi connectivity index (χ1) is 14.0. The number of carbonyl (C=O) groups is 1. The number of rotatable bonds is 6. The summed E-state index contributed by atoms with van der Waals surface area (Å²) in [5.41, 5.74) is 1.58. The van der Waals surface area contributed by atoms with E-state index in [2.05, 4.69) is 21.2 Å². The number of nitriles is 1. The molecule has 0 radical (unpaired) electrons. The summed E-state index contributed by atoms with van der Waals surface area (Å²) in [6.07, 6.45) is 1.44. The Morgan fingerprint density at radius 2 is 1.83 bits per heavy atom. The molecular formula is C23H16BrFN2O2. The summed E-state index contributed by atoms with van der Waals surface area (Å²) < 4.78 is 20.2. The minimum atomic E-state index is -0.682. The summed E-state index contributed by atoms with van der Waals surface area (Å²) in [5, 5.41) is 11.7. The van der Waals surface area contributed by atoms with Crippen molar-refractivity contribution in [2.75, 3.05) is 5.32 Å². The molecule has 0 bridgehead atoms. The van der Waals surface area contributed by atoms with Gasteiger partial charge in [-0.3, -0.25) is 4.79 Å². The molecule has 1 amide bonds. The number of amides is 1. The van der Waals surface area contributed by atoms with Gasteiger partial charge in [-0.15, -0.1) is 0 Å². The Labute approximate surface area is 176 Å². The molecule has 0 heterocycles. The van der Waals surface area contributed by atoms with Crippen molar-refractivity contribution >= 4 is 33.6 Å². The van der Waals surface area contributed by atoms with E-state index in [1.807, 2.05) is 36.4 Å².